The molecular formula is C11H13N3O2S. The van der Waals surface area contributed by atoms with Gasteiger partial charge < -0.3 is 10.2 Å². The number of nitro benzene ring substituents is 1. The minimum absolute atomic E-state index is 0.0877. The minimum atomic E-state index is -0.393. The quantitative estimate of drug-likeness (QED) is 0.472. The van der Waals surface area contributed by atoms with E-state index in [1.165, 1.54) is 6.07 Å². The van der Waals surface area contributed by atoms with Crippen LogP contribution in [-0.2, 0) is 0 Å². The van der Waals surface area contributed by atoms with Crippen molar-refractivity contribution in [1.82, 2.24) is 0 Å². The topological polar surface area (TPSA) is 58.4 Å². The van der Waals surface area contributed by atoms with Gasteiger partial charge in [0, 0.05) is 31.6 Å². The molecule has 1 aliphatic heterocycles. The van der Waals surface area contributed by atoms with Gasteiger partial charge in [-0.2, -0.15) is 0 Å². The maximum absolute atomic E-state index is 10.7. The Kier molecular flexibility index (Phi) is 2.97. The van der Waals surface area contributed by atoms with E-state index in [-0.39, 0.29) is 11.7 Å². The highest BCUT2D eigenvalue weighted by Crippen LogP contribution is 2.33. The summed E-state index contributed by atoms with van der Waals surface area (Å²) >= 11 is 5.30. The molecule has 1 N–H and O–H groups in total. The van der Waals surface area contributed by atoms with Gasteiger partial charge in [0.15, 0.2) is 0 Å². The lowest BCUT2D eigenvalue weighted by atomic mass is 10.2. The van der Waals surface area contributed by atoms with E-state index in [0.717, 1.165) is 22.8 Å². The number of hydrogen-bond donors (Lipinski definition) is 1. The largest absolute Gasteiger partial charge is 0.380 e. The Morgan fingerprint density at radius 1 is 1.59 bits per heavy atom. The molecule has 0 radical (unpaired) electrons. The average molecular weight is 251 g/mol. The van der Waals surface area contributed by atoms with Gasteiger partial charge in [-0.25, -0.2) is 0 Å². The second-order valence-corrected chi connectivity index (χ2v) is 4.63. The summed E-state index contributed by atoms with van der Waals surface area (Å²) in [6.45, 7) is 2.01. The fourth-order valence-corrected chi connectivity index (χ4v) is 2.24. The van der Waals surface area contributed by atoms with Crippen LogP contribution in [0.2, 0.25) is 0 Å². The summed E-state index contributed by atoms with van der Waals surface area (Å²) in [5.41, 5.74) is 1.73. The fourth-order valence-electron chi connectivity index (χ4n) is 1.90. The van der Waals surface area contributed by atoms with Crippen LogP contribution >= 0.6 is 12.2 Å². The molecule has 0 unspecified atom stereocenters. The molecule has 5 nitrogen and oxygen atoms in total. The van der Waals surface area contributed by atoms with Crippen LogP contribution in [0.4, 0.5) is 17.1 Å². The van der Waals surface area contributed by atoms with Crippen LogP contribution in [0.1, 0.15) is 13.3 Å². The summed E-state index contributed by atoms with van der Waals surface area (Å²) < 4.78 is 0. The van der Waals surface area contributed by atoms with Crippen molar-refractivity contribution in [2.75, 3.05) is 17.3 Å². The van der Waals surface area contributed by atoms with E-state index >= 15 is 0 Å². The summed E-state index contributed by atoms with van der Waals surface area (Å²) in [7, 11) is 1.88. The fraction of sp³-hybridized carbons (Fsp3) is 0.364. The van der Waals surface area contributed by atoms with E-state index in [9.17, 15) is 10.1 Å². The number of nitrogens with one attached hydrogen (secondary N) is 1. The Morgan fingerprint density at radius 3 is 2.94 bits per heavy atom. The first-order chi connectivity index (χ1) is 7.99. The molecule has 0 aliphatic carbocycles. The van der Waals surface area contributed by atoms with Crippen molar-refractivity contribution in [3.05, 3.63) is 28.3 Å². The second-order valence-electron chi connectivity index (χ2n) is 4.16. The molecule has 1 aromatic rings. The van der Waals surface area contributed by atoms with Crippen molar-refractivity contribution in [2.45, 2.75) is 19.4 Å². The van der Waals surface area contributed by atoms with Crippen LogP contribution in [0.3, 0.4) is 0 Å². The number of hydrogen-bond acceptors (Lipinski definition) is 4. The molecule has 2 rings (SSSR count). The number of benzene rings is 1. The maximum Gasteiger partial charge on any atom is 0.271 e. The standard InChI is InChI=1S/C11H13N3O2S/c1-7-5-11(17)13(2)10-4-3-8(14(15)16)6-9(10)12-7/h3-4,6-7,12H,5H2,1-2H3/t7-/m0/s1. The molecule has 90 valence electrons. The van der Waals surface area contributed by atoms with Gasteiger partial charge >= 0.3 is 0 Å². The number of rotatable bonds is 1. The van der Waals surface area contributed by atoms with Gasteiger partial charge in [-0.05, 0) is 13.0 Å². The minimum Gasteiger partial charge on any atom is -0.380 e. The highest BCUT2D eigenvalue weighted by atomic mass is 32.1. The number of nitrogens with zero attached hydrogens (tertiary/aromatic N) is 2. The summed E-state index contributed by atoms with van der Waals surface area (Å²) in [4.78, 5) is 13.1. The van der Waals surface area contributed by atoms with Crippen molar-refractivity contribution in [1.29, 1.82) is 0 Å². The smallest absolute Gasteiger partial charge is 0.271 e. The normalized spacial score (nSPS) is 19.3. The molecule has 0 saturated heterocycles. The van der Waals surface area contributed by atoms with Crippen LogP contribution < -0.4 is 10.2 Å². The van der Waals surface area contributed by atoms with E-state index in [2.05, 4.69) is 5.32 Å². The number of non-ortho nitro benzene ring substituents is 1. The molecule has 0 amide bonds. The molecule has 0 aromatic heterocycles. The molecule has 17 heavy (non-hydrogen) atoms. The van der Waals surface area contributed by atoms with Gasteiger partial charge in [-0.1, -0.05) is 12.2 Å². The van der Waals surface area contributed by atoms with E-state index in [4.69, 9.17) is 12.2 Å². The molecule has 0 spiro atoms. The van der Waals surface area contributed by atoms with Crippen molar-refractivity contribution in [2.24, 2.45) is 0 Å². The Morgan fingerprint density at radius 2 is 2.29 bits per heavy atom. The first-order valence-corrected chi connectivity index (χ1v) is 5.71. The Hall–Kier alpha value is -1.69. The molecule has 0 bridgehead atoms. The molecule has 6 heteroatoms. The maximum atomic E-state index is 10.7. The van der Waals surface area contributed by atoms with Gasteiger partial charge in [0.1, 0.15) is 0 Å². The third-order valence-corrected chi connectivity index (χ3v) is 3.25. The predicted octanol–water partition coefficient (Wildman–Crippen LogP) is 2.56. The van der Waals surface area contributed by atoms with E-state index in [0.29, 0.717) is 0 Å². The molecular weight excluding hydrogens is 238 g/mol. The van der Waals surface area contributed by atoms with Gasteiger partial charge in [0.05, 0.1) is 21.3 Å². The van der Waals surface area contributed by atoms with E-state index < -0.39 is 4.92 Å². The third-order valence-electron chi connectivity index (χ3n) is 2.81. The zero-order valence-electron chi connectivity index (χ0n) is 9.64. The average Bonchev–Trinajstić information content (AvgIpc) is 2.36. The summed E-state index contributed by atoms with van der Waals surface area (Å²) in [5, 5.41) is 14.0. The van der Waals surface area contributed by atoms with E-state index in [1.807, 2.05) is 18.9 Å². The number of anilines is 2. The zero-order valence-corrected chi connectivity index (χ0v) is 10.5. The lowest BCUT2D eigenvalue weighted by Crippen LogP contribution is -2.25. The number of nitro groups is 1. The van der Waals surface area contributed by atoms with Gasteiger partial charge in [-0.15, -0.1) is 0 Å². The molecule has 0 fully saturated rings. The Balaban J connectivity index is 2.50. The van der Waals surface area contributed by atoms with Crippen LogP contribution in [0.25, 0.3) is 0 Å². The Bertz CT molecular complexity index is 490. The molecule has 1 aliphatic rings. The van der Waals surface area contributed by atoms with Crippen LogP contribution in [-0.4, -0.2) is 23.0 Å². The summed E-state index contributed by atoms with van der Waals surface area (Å²) in [6.07, 6.45) is 0.744. The van der Waals surface area contributed by atoms with E-state index in [1.54, 1.807) is 12.1 Å². The molecule has 0 saturated carbocycles. The SMILES string of the molecule is C[C@H]1CC(=S)N(C)c2ccc([N+](=O)[O-])cc2N1. The van der Waals surface area contributed by atoms with Crippen molar-refractivity contribution >= 4 is 34.3 Å². The summed E-state index contributed by atoms with van der Waals surface area (Å²) in [5.74, 6) is 0. The van der Waals surface area contributed by atoms with Gasteiger partial charge in [-0.3, -0.25) is 10.1 Å². The molecule has 1 heterocycles. The van der Waals surface area contributed by atoms with Crippen LogP contribution in [0.5, 0.6) is 0 Å². The number of fused-ring (bicyclic) bond motifs is 1. The lowest BCUT2D eigenvalue weighted by molar-refractivity contribution is -0.384. The third kappa shape index (κ3) is 2.21. The predicted molar refractivity (Wildman–Crippen MR) is 71.8 cm³/mol. The monoisotopic (exact) mass is 251 g/mol. The summed E-state index contributed by atoms with van der Waals surface area (Å²) in [6, 6.07) is 4.95. The van der Waals surface area contributed by atoms with Crippen molar-refractivity contribution in [3.8, 4) is 0 Å². The molecule has 1 atom stereocenters. The highest BCUT2D eigenvalue weighted by Gasteiger charge is 2.21. The van der Waals surface area contributed by atoms with Gasteiger partial charge in [0.2, 0.25) is 0 Å². The highest BCUT2D eigenvalue weighted by molar-refractivity contribution is 7.80. The van der Waals surface area contributed by atoms with Crippen molar-refractivity contribution in [3.63, 3.8) is 0 Å². The zero-order chi connectivity index (χ0) is 12.6. The van der Waals surface area contributed by atoms with Crippen LogP contribution in [0.15, 0.2) is 18.2 Å². The van der Waals surface area contributed by atoms with Gasteiger partial charge in [0.25, 0.3) is 5.69 Å². The number of thiocarbonyl (C=S) groups is 1. The second kappa shape index (κ2) is 4.29. The Labute approximate surface area is 105 Å². The van der Waals surface area contributed by atoms with Crippen LogP contribution in [0, 0.1) is 10.1 Å². The van der Waals surface area contributed by atoms with Crippen molar-refractivity contribution < 1.29 is 4.92 Å². The lowest BCUT2D eigenvalue weighted by Gasteiger charge is -2.18. The first kappa shape index (κ1) is 11.8. The molecule has 1 aromatic carbocycles. The first-order valence-electron chi connectivity index (χ1n) is 5.30.